The van der Waals surface area contributed by atoms with Crippen molar-refractivity contribution >= 4 is 11.7 Å². The van der Waals surface area contributed by atoms with Gasteiger partial charge in [-0.25, -0.2) is 0 Å². The molecule has 4 rings (SSSR count). The number of aromatic nitrogens is 2. The fraction of sp³-hybridized carbons (Fsp3) is 0.522. The number of rotatable bonds is 7. The summed E-state index contributed by atoms with van der Waals surface area (Å²) in [6.45, 7) is 2.72. The van der Waals surface area contributed by atoms with E-state index in [1.165, 1.54) is 19.3 Å². The molecule has 1 aromatic heterocycles. The van der Waals surface area contributed by atoms with Crippen LogP contribution in [0.4, 0.5) is 5.82 Å². The van der Waals surface area contributed by atoms with Crippen molar-refractivity contribution in [2.24, 2.45) is 0 Å². The molecule has 2 aliphatic rings. The molecule has 1 amide bonds. The van der Waals surface area contributed by atoms with E-state index in [1.54, 1.807) is 19.2 Å². The average Bonchev–Trinajstić information content (AvgIpc) is 2.84. The molecule has 0 radical (unpaired) electrons. The number of amides is 1. The molecule has 0 atom stereocenters. The Kier molecular flexibility index (Phi) is 7.07. The molecule has 31 heavy (non-hydrogen) atoms. The first-order valence-electron chi connectivity index (χ1n) is 11.0. The number of anilines is 1. The van der Waals surface area contributed by atoms with Crippen LogP contribution in [-0.4, -0.2) is 67.0 Å². The third-order valence-electron chi connectivity index (χ3n) is 5.84. The van der Waals surface area contributed by atoms with Crippen LogP contribution in [0.5, 0.6) is 17.4 Å². The zero-order valence-corrected chi connectivity index (χ0v) is 18.0. The largest absolute Gasteiger partial charge is 0.497 e. The summed E-state index contributed by atoms with van der Waals surface area (Å²) in [7, 11) is 1.62. The molecule has 0 bridgehead atoms. The van der Waals surface area contributed by atoms with Gasteiger partial charge in [-0.3, -0.25) is 4.79 Å². The number of benzene rings is 1. The van der Waals surface area contributed by atoms with Gasteiger partial charge in [-0.05, 0) is 56.0 Å². The maximum Gasteiger partial charge on any atom is 0.260 e. The molecular formula is C23H30N4O4. The van der Waals surface area contributed by atoms with E-state index in [0.29, 0.717) is 37.8 Å². The summed E-state index contributed by atoms with van der Waals surface area (Å²) in [5.41, 5.74) is 0. The molecular weight excluding hydrogens is 396 g/mol. The van der Waals surface area contributed by atoms with Crippen molar-refractivity contribution in [2.75, 3.05) is 44.8 Å². The molecule has 1 aliphatic carbocycles. The lowest BCUT2D eigenvalue weighted by molar-refractivity contribution is -0.133. The van der Waals surface area contributed by atoms with Crippen LogP contribution >= 0.6 is 0 Å². The lowest BCUT2D eigenvalue weighted by atomic mass is 9.98. The third kappa shape index (κ3) is 5.77. The molecule has 1 saturated heterocycles. The fourth-order valence-electron chi connectivity index (χ4n) is 3.99. The van der Waals surface area contributed by atoms with E-state index in [0.717, 1.165) is 24.4 Å². The summed E-state index contributed by atoms with van der Waals surface area (Å²) in [6.07, 6.45) is 6.22. The molecule has 2 heterocycles. The van der Waals surface area contributed by atoms with Crippen LogP contribution in [0.1, 0.15) is 32.1 Å². The fourth-order valence-corrected chi connectivity index (χ4v) is 3.99. The van der Waals surface area contributed by atoms with Gasteiger partial charge in [0, 0.05) is 32.2 Å². The molecule has 2 aromatic rings. The number of methoxy groups -OCH3 is 1. The Morgan fingerprint density at radius 1 is 0.935 bits per heavy atom. The van der Waals surface area contributed by atoms with Gasteiger partial charge in [0.15, 0.2) is 12.4 Å². The molecule has 0 spiro atoms. The summed E-state index contributed by atoms with van der Waals surface area (Å²) in [5, 5.41) is 8.59. The molecule has 1 aromatic carbocycles. The summed E-state index contributed by atoms with van der Waals surface area (Å²) in [5.74, 6) is 2.81. The number of carbonyl (C=O) groups is 1. The number of piperazine rings is 1. The predicted molar refractivity (Wildman–Crippen MR) is 117 cm³/mol. The zero-order valence-electron chi connectivity index (χ0n) is 18.0. The molecule has 1 aliphatic heterocycles. The van der Waals surface area contributed by atoms with Crippen molar-refractivity contribution in [3.63, 3.8) is 0 Å². The first-order valence-corrected chi connectivity index (χ1v) is 11.0. The van der Waals surface area contributed by atoms with E-state index in [2.05, 4.69) is 15.1 Å². The Hall–Kier alpha value is -3.03. The van der Waals surface area contributed by atoms with Crippen LogP contribution in [0, 0.1) is 0 Å². The van der Waals surface area contributed by atoms with Crippen molar-refractivity contribution in [3.8, 4) is 17.4 Å². The molecule has 166 valence electrons. The second-order valence-corrected chi connectivity index (χ2v) is 7.94. The maximum absolute atomic E-state index is 12.5. The highest BCUT2D eigenvalue weighted by Gasteiger charge is 2.23. The number of hydrogen-bond donors (Lipinski definition) is 0. The highest BCUT2D eigenvalue weighted by molar-refractivity contribution is 5.78. The maximum atomic E-state index is 12.5. The molecule has 0 unspecified atom stereocenters. The summed E-state index contributed by atoms with van der Waals surface area (Å²) >= 11 is 0. The van der Waals surface area contributed by atoms with Gasteiger partial charge < -0.3 is 24.0 Å². The number of carbonyl (C=O) groups excluding carboxylic acids is 1. The van der Waals surface area contributed by atoms with E-state index in [4.69, 9.17) is 14.2 Å². The quantitative estimate of drug-likeness (QED) is 0.674. The van der Waals surface area contributed by atoms with Crippen LogP contribution in [0.15, 0.2) is 36.4 Å². The van der Waals surface area contributed by atoms with Gasteiger partial charge in [0.05, 0.1) is 7.11 Å². The van der Waals surface area contributed by atoms with Gasteiger partial charge in [-0.2, -0.15) is 0 Å². The molecule has 0 N–H and O–H groups in total. The van der Waals surface area contributed by atoms with Gasteiger partial charge in [-0.1, -0.05) is 6.42 Å². The Bertz CT molecular complexity index is 830. The SMILES string of the molecule is COc1ccc(OCC(=O)N2CCN(c3ccc(OC4CCCCC4)nn3)CC2)cc1. The standard InChI is InChI=1S/C23H30N4O4/c1-29-18-7-9-19(10-8-18)30-17-23(28)27-15-13-26(14-16-27)21-11-12-22(25-24-21)31-20-5-3-2-4-6-20/h7-12,20H,2-6,13-17H2,1H3. The Labute approximate surface area is 183 Å². The highest BCUT2D eigenvalue weighted by atomic mass is 16.5. The monoisotopic (exact) mass is 426 g/mol. The third-order valence-corrected chi connectivity index (χ3v) is 5.84. The van der Waals surface area contributed by atoms with Crippen molar-refractivity contribution in [1.29, 1.82) is 0 Å². The second kappa shape index (κ2) is 10.3. The number of hydrogen-bond acceptors (Lipinski definition) is 7. The first-order chi connectivity index (χ1) is 15.2. The van der Waals surface area contributed by atoms with Crippen LogP contribution in [-0.2, 0) is 4.79 Å². The van der Waals surface area contributed by atoms with Crippen LogP contribution in [0.2, 0.25) is 0 Å². The smallest absolute Gasteiger partial charge is 0.260 e. The number of ether oxygens (including phenoxy) is 3. The minimum atomic E-state index is -0.0159. The normalized spacial score (nSPS) is 17.3. The minimum absolute atomic E-state index is 0.0159. The van der Waals surface area contributed by atoms with Gasteiger partial charge in [0.1, 0.15) is 17.6 Å². The van der Waals surface area contributed by atoms with Crippen molar-refractivity contribution < 1.29 is 19.0 Å². The zero-order chi connectivity index (χ0) is 21.5. The van der Waals surface area contributed by atoms with Crippen molar-refractivity contribution in [3.05, 3.63) is 36.4 Å². The Morgan fingerprint density at radius 3 is 2.29 bits per heavy atom. The second-order valence-electron chi connectivity index (χ2n) is 7.94. The first kappa shape index (κ1) is 21.2. The van der Waals surface area contributed by atoms with Crippen molar-refractivity contribution in [1.82, 2.24) is 15.1 Å². The molecule has 1 saturated carbocycles. The topological polar surface area (TPSA) is 77.0 Å². The van der Waals surface area contributed by atoms with Crippen molar-refractivity contribution in [2.45, 2.75) is 38.2 Å². The van der Waals surface area contributed by atoms with Gasteiger partial charge >= 0.3 is 0 Å². The van der Waals surface area contributed by atoms with E-state index >= 15 is 0 Å². The van der Waals surface area contributed by atoms with E-state index in [-0.39, 0.29) is 18.6 Å². The van der Waals surface area contributed by atoms with Gasteiger partial charge in [0.2, 0.25) is 5.88 Å². The molecule has 8 heteroatoms. The summed E-state index contributed by atoms with van der Waals surface area (Å²) in [4.78, 5) is 16.5. The van der Waals surface area contributed by atoms with E-state index in [1.807, 2.05) is 29.2 Å². The minimum Gasteiger partial charge on any atom is -0.497 e. The van der Waals surface area contributed by atoms with E-state index < -0.39 is 0 Å². The lowest BCUT2D eigenvalue weighted by Gasteiger charge is -2.35. The summed E-state index contributed by atoms with van der Waals surface area (Å²) < 4.78 is 16.7. The molecule has 2 fully saturated rings. The van der Waals surface area contributed by atoms with Crippen LogP contribution in [0.25, 0.3) is 0 Å². The van der Waals surface area contributed by atoms with Gasteiger partial charge in [0.25, 0.3) is 5.91 Å². The van der Waals surface area contributed by atoms with Crippen LogP contribution in [0.3, 0.4) is 0 Å². The lowest BCUT2D eigenvalue weighted by Crippen LogP contribution is -2.50. The van der Waals surface area contributed by atoms with E-state index in [9.17, 15) is 4.79 Å². The summed E-state index contributed by atoms with van der Waals surface area (Å²) in [6, 6.07) is 11.1. The Balaban J connectivity index is 1.21. The number of nitrogens with zero attached hydrogens (tertiary/aromatic N) is 4. The molecule has 8 nitrogen and oxygen atoms in total. The average molecular weight is 427 g/mol. The van der Waals surface area contributed by atoms with Crippen LogP contribution < -0.4 is 19.1 Å². The predicted octanol–water partition coefficient (Wildman–Crippen LogP) is 2.92. The van der Waals surface area contributed by atoms with Gasteiger partial charge in [-0.15, -0.1) is 10.2 Å². The Morgan fingerprint density at radius 2 is 1.65 bits per heavy atom. The highest BCUT2D eigenvalue weighted by Crippen LogP contribution is 2.23.